The van der Waals surface area contributed by atoms with E-state index in [2.05, 4.69) is 42.6 Å². The minimum atomic E-state index is -0.485. The van der Waals surface area contributed by atoms with Gasteiger partial charge in [-0.3, -0.25) is 4.79 Å². The van der Waals surface area contributed by atoms with Crippen molar-refractivity contribution in [2.45, 2.75) is 42.4 Å². The van der Waals surface area contributed by atoms with Crippen molar-refractivity contribution in [2.75, 3.05) is 5.32 Å². The highest BCUT2D eigenvalue weighted by Gasteiger charge is 2.22. The SMILES string of the molecule is Cc1ccc(Sc2ccc(C=C(C#N)C(=O)Nc3sc4c(c3C#N)CCCC4)cc2)cc1. The van der Waals surface area contributed by atoms with Gasteiger partial charge in [0.15, 0.2) is 0 Å². The van der Waals surface area contributed by atoms with E-state index in [0.29, 0.717) is 10.6 Å². The first kappa shape index (κ1) is 21.9. The molecule has 0 saturated carbocycles. The number of carbonyl (C=O) groups excluding carboxylic acids is 1. The Hall–Kier alpha value is -3.32. The highest BCUT2D eigenvalue weighted by molar-refractivity contribution is 7.99. The summed E-state index contributed by atoms with van der Waals surface area (Å²) in [6, 6.07) is 20.3. The lowest BCUT2D eigenvalue weighted by molar-refractivity contribution is -0.112. The summed E-state index contributed by atoms with van der Waals surface area (Å²) in [5.41, 5.74) is 3.62. The number of hydrogen-bond acceptors (Lipinski definition) is 5. The third-order valence-electron chi connectivity index (χ3n) is 5.32. The van der Waals surface area contributed by atoms with Crippen molar-refractivity contribution in [3.05, 3.63) is 81.2 Å². The van der Waals surface area contributed by atoms with Crippen LogP contribution in [0.3, 0.4) is 0 Å². The predicted molar refractivity (Wildman–Crippen MR) is 130 cm³/mol. The van der Waals surface area contributed by atoms with E-state index >= 15 is 0 Å². The predicted octanol–water partition coefficient (Wildman–Crippen LogP) is 6.50. The fourth-order valence-corrected chi connectivity index (χ4v) is 5.68. The topological polar surface area (TPSA) is 76.7 Å². The smallest absolute Gasteiger partial charge is 0.266 e. The Bertz CT molecular complexity index is 1260. The van der Waals surface area contributed by atoms with Crippen LogP contribution in [0.5, 0.6) is 0 Å². The molecule has 1 aliphatic rings. The van der Waals surface area contributed by atoms with Gasteiger partial charge in [-0.2, -0.15) is 10.5 Å². The summed E-state index contributed by atoms with van der Waals surface area (Å²) in [6.07, 6.45) is 5.56. The maximum atomic E-state index is 12.8. The number of carbonyl (C=O) groups is 1. The number of fused-ring (bicyclic) bond motifs is 1. The molecule has 1 aliphatic carbocycles. The van der Waals surface area contributed by atoms with Gasteiger partial charge in [0.1, 0.15) is 22.7 Å². The second-order valence-electron chi connectivity index (χ2n) is 7.63. The largest absolute Gasteiger partial charge is 0.312 e. The fourth-order valence-electron chi connectivity index (χ4n) is 3.63. The summed E-state index contributed by atoms with van der Waals surface area (Å²) in [7, 11) is 0. The molecule has 4 rings (SSSR count). The monoisotopic (exact) mass is 455 g/mol. The van der Waals surface area contributed by atoms with E-state index < -0.39 is 5.91 Å². The summed E-state index contributed by atoms with van der Waals surface area (Å²) in [5.74, 6) is -0.485. The molecule has 0 unspecified atom stereocenters. The maximum Gasteiger partial charge on any atom is 0.266 e. The molecule has 0 bridgehead atoms. The van der Waals surface area contributed by atoms with Crippen molar-refractivity contribution < 1.29 is 4.79 Å². The van der Waals surface area contributed by atoms with Gasteiger partial charge in [-0.1, -0.05) is 41.6 Å². The molecule has 32 heavy (non-hydrogen) atoms. The number of amides is 1. The van der Waals surface area contributed by atoms with Gasteiger partial charge < -0.3 is 5.32 Å². The van der Waals surface area contributed by atoms with E-state index in [0.717, 1.165) is 46.6 Å². The molecule has 0 spiro atoms. The first-order valence-corrected chi connectivity index (χ1v) is 12.0. The number of hydrogen-bond donors (Lipinski definition) is 1. The number of nitriles is 2. The van der Waals surface area contributed by atoms with Gasteiger partial charge >= 0.3 is 0 Å². The first-order chi connectivity index (χ1) is 15.6. The second-order valence-corrected chi connectivity index (χ2v) is 9.89. The Morgan fingerprint density at radius 1 is 1.03 bits per heavy atom. The van der Waals surface area contributed by atoms with Gasteiger partial charge in [0, 0.05) is 14.7 Å². The van der Waals surface area contributed by atoms with Crippen molar-refractivity contribution >= 4 is 40.1 Å². The normalized spacial score (nSPS) is 13.0. The Kier molecular flexibility index (Phi) is 6.75. The van der Waals surface area contributed by atoms with Gasteiger partial charge in [-0.15, -0.1) is 11.3 Å². The molecule has 0 radical (unpaired) electrons. The summed E-state index contributed by atoms with van der Waals surface area (Å²) < 4.78 is 0. The number of aryl methyl sites for hydroxylation is 2. The number of nitrogens with one attached hydrogen (secondary N) is 1. The van der Waals surface area contributed by atoms with Crippen LogP contribution in [-0.2, 0) is 17.6 Å². The van der Waals surface area contributed by atoms with E-state index in [-0.39, 0.29) is 5.57 Å². The number of thiophene rings is 1. The molecule has 3 aromatic rings. The molecule has 1 heterocycles. The molecule has 1 aromatic heterocycles. The second kappa shape index (κ2) is 9.87. The van der Waals surface area contributed by atoms with Crippen LogP contribution in [-0.4, -0.2) is 5.91 Å². The molecule has 0 fully saturated rings. The van der Waals surface area contributed by atoms with Crippen molar-refractivity contribution in [3.8, 4) is 12.1 Å². The van der Waals surface area contributed by atoms with E-state index in [1.165, 1.54) is 21.8 Å². The van der Waals surface area contributed by atoms with Crippen molar-refractivity contribution in [3.63, 3.8) is 0 Å². The zero-order valence-electron chi connectivity index (χ0n) is 17.6. The van der Waals surface area contributed by atoms with Gasteiger partial charge in [-0.25, -0.2) is 0 Å². The third kappa shape index (κ3) is 4.94. The van der Waals surface area contributed by atoms with Crippen LogP contribution in [0, 0.1) is 29.6 Å². The minimum Gasteiger partial charge on any atom is -0.312 e. The molecule has 2 aromatic carbocycles. The molecule has 1 amide bonds. The zero-order valence-corrected chi connectivity index (χ0v) is 19.3. The van der Waals surface area contributed by atoms with Crippen LogP contribution in [0.15, 0.2) is 63.9 Å². The van der Waals surface area contributed by atoms with Crippen LogP contribution >= 0.6 is 23.1 Å². The van der Waals surface area contributed by atoms with Crippen molar-refractivity contribution in [2.24, 2.45) is 0 Å². The molecule has 0 saturated heterocycles. The molecular formula is C26H21N3OS2. The van der Waals surface area contributed by atoms with Crippen LogP contribution in [0.2, 0.25) is 0 Å². The van der Waals surface area contributed by atoms with Gasteiger partial charge in [0.25, 0.3) is 5.91 Å². The molecular weight excluding hydrogens is 434 g/mol. The van der Waals surface area contributed by atoms with E-state index in [9.17, 15) is 15.3 Å². The fraction of sp³-hybridized carbons (Fsp3) is 0.192. The Labute approximate surface area is 196 Å². The molecule has 0 aliphatic heterocycles. The van der Waals surface area contributed by atoms with Crippen molar-refractivity contribution in [1.29, 1.82) is 10.5 Å². The Balaban J connectivity index is 1.49. The van der Waals surface area contributed by atoms with Gasteiger partial charge in [-0.05, 0) is 74.1 Å². The summed E-state index contributed by atoms with van der Waals surface area (Å²) >= 11 is 3.12. The molecule has 6 heteroatoms. The van der Waals surface area contributed by atoms with E-state index in [1.54, 1.807) is 17.8 Å². The standard InChI is InChI=1S/C26H21N3OS2/c1-17-6-10-20(11-7-17)31-21-12-8-18(9-13-21)14-19(15-27)25(30)29-26-23(16-28)22-4-2-3-5-24(22)32-26/h6-14H,2-5H2,1H3,(H,29,30). The van der Waals surface area contributed by atoms with Crippen LogP contribution in [0.25, 0.3) is 6.08 Å². The Morgan fingerprint density at radius 3 is 2.34 bits per heavy atom. The third-order valence-corrected chi connectivity index (χ3v) is 7.55. The molecule has 0 atom stereocenters. The zero-order chi connectivity index (χ0) is 22.5. The highest BCUT2D eigenvalue weighted by Crippen LogP contribution is 2.37. The quantitative estimate of drug-likeness (QED) is 0.352. The molecule has 158 valence electrons. The minimum absolute atomic E-state index is 0.0131. The van der Waals surface area contributed by atoms with E-state index in [4.69, 9.17) is 0 Å². The number of benzene rings is 2. The highest BCUT2D eigenvalue weighted by atomic mass is 32.2. The van der Waals surface area contributed by atoms with Crippen LogP contribution in [0.4, 0.5) is 5.00 Å². The Morgan fingerprint density at radius 2 is 1.69 bits per heavy atom. The summed E-state index contributed by atoms with van der Waals surface area (Å²) in [5, 5.41) is 22.5. The number of anilines is 1. The van der Waals surface area contributed by atoms with Crippen molar-refractivity contribution in [1.82, 2.24) is 0 Å². The lowest BCUT2D eigenvalue weighted by Crippen LogP contribution is -2.13. The van der Waals surface area contributed by atoms with Gasteiger partial charge in [0.05, 0.1) is 5.56 Å². The maximum absolute atomic E-state index is 12.8. The van der Waals surface area contributed by atoms with E-state index in [1.807, 2.05) is 30.3 Å². The lowest BCUT2D eigenvalue weighted by Gasteiger charge is -2.09. The summed E-state index contributed by atoms with van der Waals surface area (Å²) in [6.45, 7) is 2.06. The average molecular weight is 456 g/mol. The van der Waals surface area contributed by atoms with Gasteiger partial charge in [0.2, 0.25) is 0 Å². The molecule has 1 N–H and O–H groups in total. The average Bonchev–Trinajstić information content (AvgIpc) is 3.16. The molecule has 4 nitrogen and oxygen atoms in total. The first-order valence-electron chi connectivity index (χ1n) is 10.4. The summed E-state index contributed by atoms with van der Waals surface area (Å²) in [4.78, 5) is 16.2. The van der Waals surface area contributed by atoms with Crippen LogP contribution in [0.1, 0.15) is 40.0 Å². The number of nitrogens with zero attached hydrogens (tertiary/aromatic N) is 2. The lowest BCUT2D eigenvalue weighted by atomic mass is 9.96. The number of rotatable bonds is 5. The van der Waals surface area contributed by atoms with Crippen LogP contribution < -0.4 is 5.32 Å².